The van der Waals surface area contributed by atoms with E-state index in [9.17, 15) is 9.18 Å². The fourth-order valence-corrected chi connectivity index (χ4v) is 3.85. The molecule has 6 nitrogen and oxygen atoms in total. The molecule has 1 aliphatic heterocycles. The Balaban J connectivity index is 1.40. The van der Waals surface area contributed by atoms with Crippen molar-refractivity contribution >= 4 is 11.6 Å². The number of nitrogens with zero attached hydrogens (tertiary/aromatic N) is 4. The Morgan fingerprint density at radius 3 is 2.93 bits per heavy atom. The second-order valence-electron chi connectivity index (χ2n) is 7.30. The molecule has 5 rings (SSSR count). The highest BCUT2D eigenvalue weighted by atomic mass is 19.1. The number of carbonyl (C=O) groups excluding carboxylic acids is 1. The third kappa shape index (κ3) is 3.40. The van der Waals surface area contributed by atoms with Crippen LogP contribution in [0.4, 0.5) is 4.39 Å². The first-order valence-electron chi connectivity index (χ1n) is 9.61. The number of rotatable bonds is 3. The zero-order valence-electron chi connectivity index (χ0n) is 15.7. The van der Waals surface area contributed by atoms with Gasteiger partial charge >= 0.3 is 0 Å². The van der Waals surface area contributed by atoms with Crippen molar-refractivity contribution in [1.29, 1.82) is 0 Å². The van der Waals surface area contributed by atoms with Crippen LogP contribution >= 0.6 is 0 Å². The Labute approximate surface area is 166 Å². The maximum absolute atomic E-state index is 13.5. The molecule has 1 aromatic carbocycles. The van der Waals surface area contributed by atoms with E-state index >= 15 is 0 Å². The van der Waals surface area contributed by atoms with Crippen LogP contribution in [0.25, 0.3) is 16.8 Å². The second-order valence-corrected chi connectivity index (χ2v) is 7.30. The van der Waals surface area contributed by atoms with E-state index in [1.54, 1.807) is 16.6 Å². The lowest BCUT2D eigenvalue weighted by Crippen LogP contribution is -2.39. The third-order valence-electron chi connectivity index (χ3n) is 5.35. The van der Waals surface area contributed by atoms with Gasteiger partial charge in [-0.15, -0.1) is 0 Å². The first-order valence-corrected chi connectivity index (χ1v) is 9.61. The lowest BCUT2D eigenvalue weighted by Gasteiger charge is -2.31. The minimum absolute atomic E-state index is 0.0272. The molecular formula is C22H19FN4O2. The van der Waals surface area contributed by atoms with Crippen molar-refractivity contribution in [3.8, 4) is 11.1 Å². The van der Waals surface area contributed by atoms with Gasteiger partial charge in [0.2, 0.25) is 0 Å². The Hall–Kier alpha value is -3.48. The van der Waals surface area contributed by atoms with E-state index in [4.69, 9.17) is 4.42 Å². The molecule has 1 amide bonds. The number of halogens is 1. The number of piperidine rings is 1. The van der Waals surface area contributed by atoms with Crippen LogP contribution in [0.3, 0.4) is 0 Å². The van der Waals surface area contributed by atoms with Crippen LogP contribution in [0.1, 0.15) is 34.9 Å². The highest BCUT2D eigenvalue weighted by molar-refractivity contribution is 5.93. The Kier molecular flexibility index (Phi) is 4.35. The first-order chi connectivity index (χ1) is 14.2. The van der Waals surface area contributed by atoms with Gasteiger partial charge in [-0.3, -0.25) is 4.79 Å². The second kappa shape index (κ2) is 7.16. The highest BCUT2D eigenvalue weighted by Gasteiger charge is 2.28. The number of pyridine rings is 1. The molecule has 146 valence electrons. The van der Waals surface area contributed by atoms with Gasteiger partial charge in [-0.2, -0.15) is 5.10 Å². The summed E-state index contributed by atoms with van der Waals surface area (Å²) in [5.41, 5.74) is 2.96. The quantitative estimate of drug-likeness (QED) is 0.527. The maximum atomic E-state index is 13.5. The van der Waals surface area contributed by atoms with Crippen LogP contribution in [-0.2, 0) is 0 Å². The molecule has 7 heteroatoms. The predicted molar refractivity (Wildman–Crippen MR) is 105 cm³/mol. The molecule has 3 aromatic heterocycles. The van der Waals surface area contributed by atoms with Crippen LogP contribution in [0.15, 0.2) is 65.6 Å². The summed E-state index contributed by atoms with van der Waals surface area (Å²) in [5.74, 6) is 0.510. The molecular weight excluding hydrogens is 371 g/mol. The van der Waals surface area contributed by atoms with Crippen LogP contribution in [-0.4, -0.2) is 38.5 Å². The number of furan rings is 1. The van der Waals surface area contributed by atoms with Gasteiger partial charge in [-0.05, 0) is 48.7 Å². The van der Waals surface area contributed by atoms with Crippen LogP contribution in [0.2, 0.25) is 0 Å². The smallest absolute Gasteiger partial charge is 0.257 e. The summed E-state index contributed by atoms with van der Waals surface area (Å²) in [5, 5.41) is 4.66. The van der Waals surface area contributed by atoms with Gasteiger partial charge in [0, 0.05) is 30.8 Å². The van der Waals surface area contributed by atoms with Crippen molar-refractivity contribution in [3.63, 3.8) is 0 Å². The van der Waals surface area contributed by atoms with Gasteiger partial charge in [-0.1, -0.05) is 12.1 Å². The Bertz CT molecular complexity index is 1170. The van der Waals surface area contributed by atoms with E-state index < -0.39 is 0 Å². The lowest BCUT2D eigenvalue weighted by atomic mass is 9.97. The SMILES string of the molecule is O=C(c1ccoc1)N1CCC[C@@H](c2nc3ccc(-c4cccc(F)c4)cn3n2)C1. The van der Waals surface area contributed by atoms with Gasteiger partial charge in [0.1, 0.15) is 12.1 Å². The number of hydrogen-bond donors (Lipinski definition) is 0. The summed E-state index contributed by atoms with van der Waals surface area (Å²) in [6.07, 6.45) is 6.68. The topological polar surface area (TPSA) is 63.6 Å². The van der Waals surface area contributed by atoms with Crippen LogP contribution in [0.5, 0.6) is 0 Å². The maximum Gasteiger partial charge on any atom is 0.257 e. The van der Waals surface area contributed by atoms with E-state index in [1.165, 1.54) is 24.7 Å². The average Bonchev–Trinajstić information content (AvgIpc) is 3.43. The van der Waals surface area contributed by atoms with Crippen LogP contribution < -0.4 is 0 Å². The van der Waals surface area contributed by atoms with Crippen molar-refractivity contribution < 1.29 is 13.6 Å². The number of benzene rings is 1. The van der Waals surface area contributed by atoms with Gasteiger partial charge in [0.05, 0.1) is 11.8 Å². The van der Waals surface area contributed by atoms with E-state index in [1.807, 2.05) is 29.3 Å². The fraction of sp³-hybridized carbons (Fsp3) is 0.227. The summed E-state index contributed by atoms with van der Waals surface area (Å²) in [6, 6.07) is 12.0. The molecule has 0 spiro atoms. The molecule has 0 aliphatic carbocycles. The number of hydrogen-bond acceptors (Lipinski definition) is 4. The van der Waals surface area contributed by atoms with E-state index in [2.05, 4.69) is 10.1 Å². The molecule has 1 fully saturated rings. The minimum Gasteiger partial charge on any atom is -0.472 e. The summed E-state index contributed by atoms with van der Waals surface area (Å²) >= 11 is 0. The number of carbonyl (C=O) groups is 1. The van der Waals surface area contributed by atoms with Crippen molar-refractivity contribution in [1.82, 2.24) is 19.5 Å². The summed E-state index contributed by atoms with van der Waals surface area (Å²) in [6.45, 7) is 1.30. The van der Waals surface area contributed by atoms with Gasteiger partial charge < -0.3 is 9.32 Å². The molecule has 4 heterocycles. The molecule has 1 atom stereocenters. The summed E-state index contributed by atoms with van der Waals surface area (Å²) in [7, 11) is 0. The van der Waals surface area contributed by atoms with Crippen LogP contribution in [0, 0.1) is 5.82 Å². The Morgan fingerprint density at radius 1 is 1.17 bits per heavy atom. The normalized spacial score (nSPS) is 17.0. The van der Waals surface area contributed by atoms with E-state index in [0.29, 0.717) is 12.1 Å². The number of aromatic nitrogens is 3. The third-order valence-corrected chi connectivity index (χ3v) is 5.35. The zero-order valence-corrected chi connectivity index (χ0v) is 15.7. The zero-order chi connectivity index (χ0) is 19.8. The van der Waals surface area contributed by atoms with E-state index in [0.717, 1.165) is 42.0 Å². The monoisotopic (exact) mass is 390 g/mol. The first kappa shape index (κ1) is 17.6. The highest BCUT2D eigenvalue weighted by Crippen LogP contribution is 2.27. The Morgan fingerprint density at radius 2 is 2.10 bits per heavy atom. The van der Waals surface area contributed by atoms with Crippen molar-refractivity contribution in [2.24, 2.45) is 0 Å². The average molecular weight is 390 g/mol. The standard InChI is InChI=1S/C22H19FN4O2/c23-19-5-1-3-15(11-19)16-6-7-20-24-21(25-27(20)13-16)17-4-2-9-26(12-17)22(28)18-8-10-29-14-18/h1,3,5-8,10-11,13-14,17H,2,4,9,12H2/t17-/m1/s1. The molecule has 0 radical (unpaired) electrons. The lowest BCUT2D eigenvalue weighted by molar-refractivity contribution is 0.0704. The van der Waals surface area contributed by atoms with E-state index in [-0.39, 0.29) is 17.6 Å². The molecule has 0 saturated carbocycles. The molecule has 29 heavy (non-hydrogen) atoms. The van der Waals surface area contributed by atoms with Gasteiger partial charge in [0.15, 0.2) is 11.5 Å². The fourth-order valence-electron chi connectivity index (χ4n) is 3.85. The number of fused-ring (bicyclic) bond motifs is 1. The molecule has 0 bridgehead atoms. The van der Waals surface area contributed by atoms with Gasteiger partial charge in [0.25, 0.3) is 5.91 Å². The molecule has 0 unspecified atom stereocenters. The van der Waals surface area contributed by atoms with Crippen molar-refractivity contribution in [3.05, 3.63) is 78.4 Å². The van der Waals surface area contributed by atoms with Crippen molar-refractivity contribution in [2.45, 2.75) is 18.8 Å². The largest absolute Gasteiger partial charge is 0.472 e. The summed E-state index contributed by atoms with van der Waals surface area (Å²) in [4.78, 5) is 19.1. The number of amides is 1. The summed E-state index contributed by atoms with van der Waals surface area (Å²) < 4.78 is 20.3. The molecule has 1 aliphatic rings. The minimum atomic E-state index is -0.272. The molecule has 1 saturated heterocycles. The van der Waals surface area contributed by atoms with Crippen molar-refractivity contribution in [2.75, 3.05) is 13.1 Å². The molecule has 0 N–H and O–H groups in total. The van der Waals surface area contributed by atoms with Gasteiger partial charge in [-0.25, -0.2) is 13.9 Å². The predicted octanol–water partition coefficient (Wildman–Crippen LogP) is 4.15. The number of likely N-dealkylation sites (tertiary alicyclic amines) is 1. The molecule has 4 aromatic rings.